The van der Waals surface area contributed by atoms with Crippen molar-refractivity contribution in [3.05, 3.63) is 69.7 Å². The van der Waals surface area contributed by atoms with E-state index in [-0.39, 0.29) is 18.2 Å². The van der Waals surface area contributed by atoms with E-state index in [4.69, 9.17) is 23.2 Å². The molecule has 0 spiro atoms. The van der Waals surface area contributed by atoms with Crippen molar-refractivity contribution in [3.8, 4) is 0 Å². The van der Waals surface area contributed by atoms with E-state index in [0.717, 1.165) is 5.56 Å². The Balaban J connectivity index is 2.21. The van der Waals surface area contributed by atoms with E-state index in [2.05, 4.69) is 5.32 Å². The van der Waals surface area contributed by atoms with Gasteiger partial charge in [0.1, 0.15) is 6.04 Å². The molecule has 0 aliphatic rings. The number of amides is 2. The van der Waals surface area contributed by atoms with Gasteiger partial charge < -0.3 is 10.2 Å². The van der Waals surface area contributed by atoms with Crippen LogP contribution < -0.4 is 5.32 Å². The number of benzene rings is 2. The van der Waals surface area contributed by atoms with Crippen molar-refractivity contribution in [2.75, 3.05) is 13.6 Å². The summed E-state index contributed by atoms with van der Waals surface area (Å²) in [4.78, 5) is 27.0. The molecule has 2 aromatic rings. The maximum absolute atomic E-state index is 13.0. The summed E-state index contributed by atoms with van der Waals surface area (Å²) in [6.45, 7) is 2.36. The van der Waals surface area contributed by atoms with E-state index < -0.39 is 6.04 Å². The Morgan fingerprint density at radius 3 is 2.41 bits per heavy atom. The summed E-state index contributed by atoms with van der Waals surface area (Å²) in [6.07, 6.45) is 1.33. The Kier molecular flexibility index (Phi) is 8.14. The van der Waals surface area contributed by atoms with E-state index in [0.29, 0.717) is 35.0 Å². The third kappa shape index (κ3) is 5.98. The lowest BCUT2D eigenvalue weighted by molar-refractivity contribution is -0.140. The summed E-state index contributed by atoms with van der Waals surface area (Å²) >= 11 is 12.2. The molecule has 0 radical (unpaired) electrons. The normalized spacial score (nSPS) is 11.7. The second-order valence-electron chi connectivity index (χ2n) is 6.27. The molecule has 2 aromatic carbocycles. The molecular weight excluding hydrogens is 383 g/mol. The molecule has 0 saturated heterocycles. The van der Waals surface area contributed by atoms with Crippen LogP contribution in [-0.4, -0.2) is 36.3 Å². The molecule has 2 amide bonds. The number of carbonyl (C=O) groups is 2. The Bertz CT molecular complexity index is 781. The van der Waals surface area contributed by atoms with Gasteiger partial charge in [0.05, 0.1) is 6.42 Å². The van der Waals surface area contributed by atoms with Crippen LogP contribution in [0.15, 0.2) is 48.5 Å². The third-order valence-electron chi connectivity index (χ3n) is 4.47. The molecule has 0 saturated carbocycles. The average molecular weight is 407 g/mol. The molecule has 0 heterocycles. The van der Waals surface area contributed by atoms with Crippen LogP contribution in [0.3, 0.4) is 0 Å². The number of nitrogens with one attached hydrogen (secondary N) is 1. The SMILES string of the molecule is CC[C@H](C(=O)NC)N(CCc1ccccc1)C(=O)Cc1ccc(Cl)cc1Cl. The number of hydrogen-bond acceptors (Lipinski definition) is 2. The standard InChI is InChI=1S/C21H24Cl2N2O2/c1-3-19(21(27)24-2)25(12-11-15-7-5-4-6-8-15)20(26)13-16-9-10-17(22)14-18(16)23/h4-10,14,19H,3,11-13H2,1-2H3,(H,24,27)/t19-/m1/s1. The lowest BCUT2D eigenvalue weighted by Gasteiger charge is -2.30. The van der Waals surface area contributed by atoms with Crippen LogP contribution in [0.5, 0.6) is 0 Å². The molecule has 27 heavy (non-hydrogen) atoms. The zero-order chi connectivity index (χ0) is 19.8. The van der Waals surface area contributed by atoms with Crippen LogP contribution in [0, 0.1) is 0 Å². The van der Waals surface area contributed by atoms with E-state index in [1.807, 2.05) is 37.3 Å². The van der Waals surface area contributed by atoms with Gasteiger partial charge in [-0.05, 0) is 36.1 Å². The molecule has 0 aliphatic heterocycles. The second-order valence-corrected chi connectivity index (χ2v) is 7.12. The summed E-state index contributed by atoms with van der Waals surface area (Å²) < 4.78 is 0. The minimum Gasteiger partial charge on any atom is -0.357 e. The molecule has 0 aromatic heterocycles. The maximum Gasteiger partial charge on any atom is 0.242 e. The first-order valence-electron chi connectivity index (χ1n) is 8.95. The Hall–Kier alpha value is -2.04. The quantitative estimate of drug-likeness (QED) is 0.716. The Labute approximate surface area is 170 Å². The monoisotopic (exact) mass is 406 g/mol. The molecule has 144 valence electrons. The summed E-state index contributed by atoms with van der Waals surface area (Å²) in [5.41, 5.74) is 1.81. The first-order valence-corrected chi connectivity index (χ1v) is 9.70. The number of halogens is 2. The smallest absolute Gasteiger partial charge is 0.242 e. The van der Waals surface area contributed by atoms with E-state index in [9.17, 15) is 9.59 Å². The largest absolute Gasteiger partial charge is 0.357 e. The highest BCUT2D eigenvalue weighted by Gasteiger charge is 2.27. The van der Waals surface area contributed by atoms with Crippen LogP contribution >= 0.6 is 23.2 Å². The van der Waals surface area contributed by atoms with Gasteiger partial charge >= 0.3 is 0 Å². The summed E-state index contributed by atoms with van der Waals surface area (Å²) in [5, 5.41) is 3.63. The molecular formula is C21H24Cl2N2O2. The Morgan fingerprint density at radius 2 is 1.81 bits per heavy atom. The van der Waals surface area contributed by atoms with Gasteiger partial charge in [-0.3, -0.25) is 9.59 Å². The maximum atomic E-state index is 13.0. The zero-order valence-corrected chi connectivity index (χ0v) is 17.1. The Morgan fingerprint density at radius 1 is 1.11 bits per heavy atom. The van der Waals surface area contributed by atoms with Crippen LogP contribution in [-0.2, 0) is 22.4 Å². The average Bonchev–Trinajstić information content (AvgIpc) is 2.67. The second kappa shape index (κ2) is 10.3. The highest BCUT2D eigenvalue weighted by molar-refractivity contribution is 6.35. The van der Waals surface area contributed by atoms with Crippen LogP contribution in [0.1, 0.15) is 24.5 Å². The van der Waals surface area contributed by atoms with Crippen molar-refractivity contribution >= 4 is 35.0 Å². The molecule has 0 bridgehead atoms. The van der Waals surface area contributed by atoms with Gasteiger partial charge in [0.2, 0.25) is 11.8 Å². The predicted molar refractivity (Wildman–Crippen MR) is 110 cm³/mol. The van der Waals surface area contributed by atoms with Crippen molar-refractivity contribution in [1.82, 2.24) is 10.2 Å². The number of likely N-dealkylation sites (N-methyl/N-ethyl adjacent to an activating group) is 1. The van der Waals surface area contributed by atoms with E-state index in [1.54, 1.807) is 30.1 Å². The van der Waals surface area contributed by atoms with Crippen LogP contribution in [0.25, 0.3) is 0 Å². The molecule has 0 fully saturated rings. The molecule has 2 rings (SSSR count). The summed E-state index contributed by atoms with van der Waals surface area (Å²) in [6, 6.07) is 14.5. The first-order chi connectivity index (χ1) is 13.0. The number of carbonyl (C=O) groups excluding carboxylic acids is 2. The minimum absolute atomic E-state index is 0.123. The van der Waals surface area contributed by atoms with Crippen molar-refractivity contribution < 1.29 is 9.59 Å². The topological polar surface area (TPSA) is 49.4 Å². The van der Waals surface area contributed by atoms with Crippen molar-refractivity contribution in [1.29, 1.82) is 0 Å². The van der Waals surface area contributed by atoms with Crippen LogP contribution in [0.4, 0.5) is 0 Å². The van der Waals surface area contributed by atoms with Gasteiger partial charge in [-0.25, -0.2) is 0 Å². The fourth-order valence-electron chi connectivity index (χ4n) is 2.99. The predicted octanol–water partition coefficient (Wildman–Crippen LogP) is 4.13. The zero-order valence-electron chi connectivity index (χ0n) is 15.5. The number of hydrogen-bond donors (Lipinski definition) is 1. The highest BCUT2D eigenvalue weighted by Crippen LogP contribution is 2.22. The minimum atomic E-state index is -0.516. The van der Waals surface area contributed by atoms with Crippen molar-refractivity contribution in [2.24, 2.45) is 0 Å². The van der Waals surface area contributed by atoms with Gasteiger partial charge in [-0.15, -0.1) is 0 Å². The lowest BCUT2D eigenvalue weighted by Crippen LogP contribution is -2.49. The summed E-state index contributed by atoms with van der Waals surface area (Å²) in [5.74, 6) is -0.299. The lowest BCUT2D eigenvalue weighted by atomic mass is 10.1. The van der Waals surface area contributed by atoms with Gasteiger partial charge in [0.25, 0.3) is 0 Å². The molecule has 1 N–H and O–H groups in total. The number of rotatable bonds is 8. The molecule has 1 atom stereocenters. The molecule has 4 nitrogen and oxygen atoms in total. The van der Waals surface area contributed by atoms with Crippen LogP contribution in [0.2, 0.25) is 10.0 Å². The van der Waals surface area contributed by atoms with Gasteiger partial charge in [-0.2, -0.15) is 0 Å². The van der Waals surface area contributed by atoms with Gasteiger partial charge in [-0.1, -0.05) is 66.5 Å². The van der Waals surface area contributed by atoms with Gasteiger partial charge in [0, 0.05) is 23.6 Å². The molecule has 0 unspecified atom stereocenters. The fraction of sp³-hybridized carbons (Fsp3) is 0.333. The van der Waals surface area contributed by atoms with E-state index in [1.165, 1.54) is 0 Å². The summed E-state index contributed by atoms with van der Waals surface area (Å²) in [7, 11) is 1.58. The number of nitrogens with zero attached hydrogens (tertiary/aromatic N) is 1. The fourth-order valence-corrected chi connectivity index (χ4v) is 3.47. The first kappa shape index (κ1) is 21.3. The highest BCUT2D eigenvalue weighted by atomic mass is 35.5. The molecule has 0 aliphatic carbocycles. The van der Waals surface area contributed by atoms with E-state index >= 15 is 0 Å². The third-order valence-corrected chi connectivity index (χ3v) is 5.06. The molecule has 6 heteroatoms. The van der Waals surface area contributed by atoms with Crippen molar-refractivity contribution in [3.63, 3.8) is 0 Å². The van der Waals surface area contributed by atoms with Gasteiger partial charge in [0.15, 0.2) is 0 Å². The van der Waals surface area contributed by atoms with Crippen molar-refractivity contribution in [2.45, 2.75) is 32.2 Å².